The molecule has 19 heavy (non-hydrogen) atoms. The SMILES string of the molecule is Cc1cc(C(F)(F)F)ccc1-c1ccc(C(=O)O)o1. The zero-order valence-corrected chi connectivity index (χ0v) is 9.78. The van der Waals surface area contributed by atoms with Crippen molar-refractivity contribution < 1.29 is 27.5 Å². The van der Waals surface area contributed by atoms with Crippen LogP contribution in [-0.2, 0) is 6.18 Å². The van der Waals surface area contributed by atoms with Gasteiger partial charge in [0, 0.05) is 5.56 Å². The van der Waals surface area contributed by atoms with Crippen LogP contribution in [-0.4, -0.2) is 11.1 Å². The third kappa shape index (κ3) is 2.62. The van der Waals surface area contributed by atoms with E-state index in [0.29, 0.717) is 11.1 Å². The summed E-state index contributed by atoms with van der Waals surface area (Å²) in [6.45, 7) is 1.51. The van der Waals surface area contributed by atoms with Crippen LogP contribution >= 0.6 is 0 Å². The smallest absolute Gasteiger partial charge is 0.416 e. The first-order chi connectivity index (χ1) is 8.79. The number of rotatable bonds is 2. The Balaban J connectivity index is 2.43. The van der Waals surface area contributed by atoms with E-state index in [1.165, 1.54) is 25.1 Å². The minimum Gasteiger partial charge on any atom is -0.475 e. The van der Waals surface area contributed by atoms with Crippen molar-refractivity contribution in [3.63, 3.8) is 0 Å². The molecule has 0 aliphatic carbocycles. The molecule has 0 unspecified atom stereocenters. The minimum atomic E-state index is -4.40. The monoisotopic (exact) mass is 270 g/mol. The molecule has 1 heterocycles. The number of aromatic carboxylic acids is 1. The first kappa shape index (κ1) is 13.2. The topological polar surface area (TPSA) is 50.4 Å². The second-order valence-electron chi connectivity index (χ2n) is 4.00. The second kappa shape index (κ2) is 4.46. The molecule has 0 amide bonds. The molecule has 2 aromatic rings. The highest BCUT2D eigenvalue weighted by atomic mass is 19.4. The van der Waals surface area contributed by atoms with Crippen LogP contribution in [0.3, 0.4) is 0 Å². The van der Waals surface area contributed by atoms with Gasteiger partial charge in [-0.1, -0.05) is 6.07 Å². The van der Waals surface area contributed by atoms with Crippen molar-refractivity contribution in [1.82, 2.24) is 0 Å². The van der Waals surface area contributed by atoms with Crippen LogP contribution in [0.25, 0.3) is 11.3 Å². The molecule has 100 valence electrons. The summed E-state index contributed by atoms with van der Waals surface area (Å²) in [6.07, 6.45) is -4.40. The lowest BCUT2D eigenvalue weighted by atomic mass is 10.0. The van der Waals surface area contributed by atoms with Crippen LogP contribution < -0.4 is 0 Å². The van der Waals surface area contributed by atoms with Crippen molar-refractivity contribution in [3.05, 3.63) is 47.2 Å². The van der Waals surface area contributed by atoms with E-state index in [-0.39, 0.29) is 11.5 Å². The van der Waals surface area contributed by atoms with Crippen molar-refractivity contribution in [3.8, 4) is 11.3 Å². The van der Waals surface area contributed by atoms with E-state index in [4.69, 9.17) is 9.52 Å². The van der Waals surface area contributed by atoms with Gasteiger partial charge in [0.15, 0.2) is 0 Å². The Morgan fingerprint density at radius 2 is 1.89 bits per heavy atom. The van der Waals surface area contributed by atoms with Crippen molar-refractivity contribution in [2.24, 2.45) is 0 Å². The van der Waals surface area contributed by atoms with Crippen LogP contribution in [0.5, 0.6) is 0 Å². The third-order valence-corrected chi connectivity index (χ3v) is 2.64. The molecule has 0 saturated heterocycles. The molecular weight excluding hydrogens is 261 g/mol. The maximum atomic E-state index is 12.5. The molecule has 0 radical (unpaired) electrons. The van der Waals surface area contributed by atoms with Gasteiger partial charge in [-0.3, -0.25) is 0 Å². The van der Waals surface area contributed by atoms with Gasteiger partial charge in [-0.05, 0) is 36.8 Å². The van der Waals surface area contributed by atoms with E-state index in [2.05, 4.69) is 0 Å². The highest BCUT2D eigenvalue weighted by Crippen LogP contribution is 2.33. The number of carbonyl (C=O) groups is 1. The second-order valence-corrected chi connectivity index (χ2v) is 4.00. The average Bonchev–Trinajstić information content (AvgIpc) is 2.76. The number of carboxylic acids is 1. The fourth-order valence-corrected chi connectivity index (χ4v) is 1.71. The average molecular weight is 270 g/mol. The minimum absolute atomic E-state index is 0.226. The Hall–Kier alpha value is -2.24. The Morgan fingerprint density at radius 3 is 2.37 bits per heavy atom. The molecule has 1 N–H and O–H groups in total. The van der Waals surface area contributed by atoms with Crippen LogP contribution in [0, 0.1) is 6.92 Å². The Morgan fingerprint density at radius 1 is 1.21 bits per heavy atom. The molecular formula is C13H9F3O3. The summed E-state index contributed by atoms with van der Waals surface area (Å²) in [6, 6.07) is 5.88. The van der Waals surface area contributed by atoms with Crippen LogP contribution in [0.15, 0.2) is 34.7 Å². The van der Waals surface area contributed by atoms with Gasteiger partial charge in [0.05, 0.1) is 5.56 Å². The molecule has 0 bridgehead atoms. The molecule has 0 saturated carbocycles. The number of hydrogen-bond acceptors (Lipinski definition) is 2. The largest absolute Gasteiger partial charge is 0.475 e. The quantitative estimate of drug-likeness (QED) is 0.898. The molecule has 0 aliphatic rings. The van der Waals surface area contributed by atoms with Crippen LogP contribution in [0.4, 0.5) is 13.2 Å². The van der Waals surface area contributed by atoms with Crippen LogP contribution in [0.2, 0.25) is 0 Å². The van der Waals surface area contributed by atoms with Gasteiger partial charge in [-0.25, -0.2) is 4.79 Å². The number of aryl methyl sites for hydroxylation is 1. The normalized spacial score (nSPS) is 11.6. The van der Waals surface area contributed by atoms with Gasteiger partial charge in [-0.2, -0.15) is 13.2 Å². The Labute approximate surface area is 106 Å². The molecule has 2 rings (SSSR count). The van der Waals surface area contributed by atoms with E-state index in [1.54, 1.807) is 0 Å². The third-order valence-electron chi connectivity index (χ3n) is 2.64. The summed E-state index contributed by atoms with van der Waals surface area (Å²) in [5.41, 5.74) is 0.0420. The predicted octanol–water partition coefficient (Wildman–Crippen LogP) is 3.97. The number of carboxylic acid groups (broad SMARTS) is 1. The summed E-state index contributed by atoms with van der Waals surface area (Å²) in [5, 5.41) is 8.72. The zero-order chi connectivity index (χ0) is 14.2. The van der Waals surface area contributed by atoms with E-state index < -0.39 is 17.7 Å². The predicted molar refractivity (Wildman–Crippen MR) is 60.8 cm³/mol. The highest BCUT2D eigenvalue weighted by molar-refractivity contribution is 5.85. The van der Waals surface area contributed by atoms with Gasteiger partial charge >= 0.3 is 12.1 Å². The number of furan rings is 1. The lowest BCUT2D eigenvalue weighted by molar-refractivity contribution is -0.137. The number of benzene rings is 1. The molecule has 1 aromatic carbocycles. The molecule has 0 atom stereocenters. The lowest BCUT2D eigenvalue weighted by Crippen LogP contribution is -2.05. The molecule has 0 aliphatic heterocycles. The van der Waals surface area contributed by atoms with E-state index in [1.807, 2.05) is 0 Å². The van der Waals surface area contributed by atoms with Gasteiger partial charge in [0.1, 0.15) is 5.76 Å². The van der Waals surface area contributed by atoms with Crippen molar-refractivity contribution in [1.29, 1.82) is 0 Å². The molecule has 1 aromatic heterocycles. The van der Waals surface area contributed by atoms with Gasteiger partial charge in [0.25, 0.3) is 0 Å². The molecule has 6 heteroatoms. The zero-order valence-electron chi connectivity index (χ0n) is 9.78. The van der Waals surface area contributed by atoms with Crippen LogP contribution in [0.1, 0.15) is 21.7 Å². The summed E-state index contributed by atoms with van der Waals surface area (Å²) in [7, 11) is 0. The number of halogens is 3. The molecule has 3 nitrogen and oxygen atoms in total. The maximum absolute atomic E-state index is 12.5. The standard InChI is InChI=1S/C13H9F3O3/c1-7-6-8(13(14,15)16)2-3-9(7)10-4-5-11(19-10)12(17)18/h2-6H,1H3,(H,17,18). The Kier molecular flexibility index (Phi) is 3.09. The van der Waals surface area contributed by atoms with E-state index in [9.17, 15) is 18.0 Å². The molecule has 0 fully saturated rings. The number of hydrogen-bond donors (Lipinski definition) is 1. The fraction of sp³-hybridized carbons (Fsp3) is 0.154. The first-order valence-electron chi connectivity index (χ1n) is 5.30. The number of alkyl halides is 3. The molecule has 0 spiro atoms. The van der Waals surface area contributed by atoms with E-state index in [0.717, 1.165) is 12.1 Å². The summed E-state index contributed by atoms with van der Waals surface area (Å²) < 4.78 is 42.6. The summed E-state index contributed by atoms with van der Waals surface area (Å²) in [4.78, 5) is 10.7. The van der Waals surface area contributed by atoms with Crippen molar-refractivity contribution in [2.75, 3.05) is 0 Å². The van der Waals surface area contributed by atoms with E-state index >= 15 is 0 Å². The maximum Gasteiger partial charge on any atom is 0.416 e. The fourth-order valence-electron chi connectivity index (χ4n) is 1.71. The van der Waals surface area contributed by atoms with Gasteiger partial charge in [0.2, 0.25) is 5.76 Å². The Bertz CT molecular complexity index is 626. The van der Waals surface area contributed by atoms with Crippen molar-refractivity contribution >= 4 is 5.97 Å². The van der Waals surface area contributed by atoms with Crippen molar-refractivity contribution in [2.45, 2.75) is 13.1 Å². The lowest BCUT2D eigenvalue weighted by Gasteiger charge is -2.09. The van der Waals surface area contributed by atoms with Gasteiger partial charge < -0.3 is 9.52 Å². The van der Waals surface area contributed by atoms with Gasteiger partial charge in [-0.15, -0.1) is 0 Å². The summed E-state index contributed by atoms with van der Waals surface area (Å²) in [5.74, 6) is -1.26. The summed E-state index contributed by atoms with van der Waals surface area (Å²) >= 11 is 0. The first-order valence-corrected chi connectivity index (χ1v) is 5.30. The highest BCUT2D eigenvalue weighted by Gasteiger charge is 2.30.